The van der Waals surface area contributed by atoms with Crippen LogP contribution in [-0.2, 0) is 13.0 Å². The molecule has 98 valence electrons. The van der Waals surface area contributed by atoms with E-state index < -0.39 is 11.6 Å². The summed E-state index contributed by atoms with van der Waals surface area (Å²) in [7, 11) is 0. The van der Waals surface area contributed by atoms with Crippen molar-refractivity contribution in [3.8, 4) is 0 Å². The minimum Gasteiger partial charge on any atom is -0.329 e. The lowest BCUT2D eigenvalue weighted by atomic mass is 10.1. The fourth-order valence-electron chi connectivity index (χ4n) is 2.07. The monoisotopic (exact) mass is 253 g/mol. The number of halogens is 2. The maximum atomic E-state index is 13.3. The number of nitrogens with two attached hydrogens (primary N) is 1. The van der Waals surface area contributed by atoms with Crippen LogP contribution in [0.5, 0.6) is 0 Å². The smallest absolute Gasteiger partial charge is 0.161 e. The second kappa shape index (κ2) is 5.02. The Bertz CT molecular complexity index is 561. The first-order chi connectivity index (χ1) is 8.52. The Morgan fingerprint density at radius 1 is 1.28 bits per heavy atom. The van der Waals surface area contributed by atoms with Crippen molar-refractivity contribution < 1.29 is 8.78 Å². The molecule has 5 heteroatoms. The second-order valence-electron chi connectivity index (χ2n) is 4.82. The molecule has 1 heterocycles. The highest BCUT2D eigenvalue weighted by molar-refractivity contribution is 5.76. The van der Waals surface area contributed by atoms with Gasteiger partial charge in [0.15, 0.2) is 11.6 Å². The Morgan fingerprint density at radius 3 is 2.56 bits per heavy atom. The van der Waals surface area contributed by atoms with Gasteiger partial charge < -0.3 is 10.3 Å². The van der Waals surface area contributed by atoms with E-state index in [1.807, 2.05) is 4.57 Å². The summed E-state index contributed by atoms with van der Waals surface area (Å²) in [6.45, 7) is 5.15. The van der Waals surface area contributed by atoms with Gasteiger partial charge in [0.25, 0.3) is 0 Å². The van der Waals surface area contributed by atoms with Gasteiger partial charge in [-0.1, -0.05) is 13.8 Å². The van der Waals surface area contributed by atoms with Gasteiger partial charge in [-0.15, -0.1) is 0 Å². The zero-order chi connectivity index (χ0) is 13.3. The van der Waals surface area contributed by atoms with Gasteiger partial charge in [-0.3, -0.25) is 0 Å². The first kappa shape index (κ1) is 13.0. The molecule has 0 saturated heterocycles. The maximum Gasteiger partial charge on any atom is 0.161 e. The van der Waals surface area contributed by atoms with Crippen LogP contribution in [0, 0.1) is 17.6 Å². The van der Waals surface area contributed by atoms with Gasteiger partial charge in [-0.05, 0) is 5.92 Å². The van der Waals surface area contributed by atoms with Crippen LogP contribution in [-0.4, -0.2) is 16.1 Å². The molecule has 2 aromatic rings. The molecule has 18 heavy (non-hydrogen) atoms. The number of rotatable bonds is 4. The molecule has 0 aliphatic carbocycles. The Labute approximate surface area is 105 Å². The van der Waals surface area contributed by atoms with Crippen molar-refractivity contribution >= 4 is 11.0 Å². The van der Waals surface area contributed by atoms with Crippen LogP contribution in [0.25, 0.3) is 11.0 Å². The molecular formula is C13H17F2N3. The first-order valence-electron chi connectivity index (χ1n) is 6.07. The molecule has 2 N–H and O–H groups in total. The molecular weight excluding hydrogens is 236 g/mol. The maximum absolute atomic E-state index is 13.3. The van der Waals surface area contributed by atoms with Crippen LogP contribution in [0.4, 0.5) is 8.78 Å². The SMILES string of the molecule is CC(C)Cc1nc2cc(F)c(F)cc2n1CCN. The zero-order valence-corrected chi connectivity index (χ0v) is 10.6. The Morgan fingerprint density at radius 2 is 1.94 bits per heavy atom. The summed E-state index contributed by atoms with van der Waals surface area (Å²) in [5, 5.41) is 0. The lowest BCUT2D eigenvalue weighted by Crippen LogP contribution is -2.14. The molecule has 0 unspecified atom stereocenters. The Balaban J connectivity index is 2.59. The van der Waals surface area contributed by atoms with Crippen LogP contribution in [0.3, 0.4) is 0 Å². The predicted octanol–water partition coefficient (Wildman–Crippen LogP) is 2.47. The number of hydrogen-bond acceptors (Lipinski definition) is 2. The second-order valence-corrected chi connectivity index (χ2v) is 4.82. The fourth-order valence-corrected chi connectivity index (χ4v) is 2.07. The number of nitrogens with zero attached hydrogens (tertiary/aromatic N) is 2. The summed E-state index contributed by atoms with van der Waals surface area (Å²) in [5.74, 6) is -0.462. The minimum atomic E-state index is -0.865. The lowest BCUT2D eigenvalue weighted by Gasteiger charge is -2.09. The van der Waals surface area contributed by atoms with Gasteiger partial charge in [-0.2, -0.15) is 0 Å². The van der Waals surface area contributed by atoms with E-state index in [2.05, 4.69) is 18.8 Å². The Kier molecular flexibility index (Phi) is 3.61. The number of benzene rings is 1. The average Bonchev–Trinajstić information content (AvgIpc) is 2.58. The lowest BCUT2D eigenvalue weighted by molar-refractivity contribution is 0.510. The summed E-state index contributed by atoms with van der Waals surface area (Å²) in [4.78, 5) is 4.37. The molecule has 2 rings (SSSR count). The topological polar surface area (TPSA) is 43.8 Å². The molecule has 0 atom stereocenters. The van der Waals surface area contributed by atoms with Crippen molar-refractivity contribution in [2.45, 2.75) is 26.8 Å². The Hall–Kier alpha value is -1.49. The summed E-state index contributed by atoms with van der Waals surface area (Å²) in [6.07, 6.45) is 0.762. The van der Waals surface area contributed by atoms with Crippen LogP contribution >= 0.6 is 0 Å². The number of fused-ring (bicyclic) bond motifs is 1. The van der Waals surface area contributed by atoms with E-state index in [0.717, 1.165) is 18.3 Å². The molecule has 1 aromatic heterocycles. The largest absolute Gasteiger partial charge is 0.329 e. The fraction of sp³-hybridized carbons (Fsp3) is 0.462. The molecule has 0 bridgehead atoms. The van der Waals surface area contributed by atoms with Gasteiger partial charge in [-0.25, -0.2) is 13.8 Å². The first-order valence-corrected chi connectivity index (χ1v) is 6.07. The van der Waals surface area contributed by atoms with E-state index in [4.69, 9.17) is 5.73 Å². The summed E-state index contributed by atoms with van der Waals surface area (Å²) >= 11 is 0. The molecule has 0 saturated carbocycles. The molecule has 0 spiro atoms. The molecule has 0 aliphatic heterocycles. The van der Waals surface area contributed by atoms with Crippen LogP contribution in [0.2, 0.25) is 0 Å². The number of hydrogen-bond donors (Lipinski definition) is 1. The van der Waals surface area contributed by atoms with E-state index in [0.29, 0.717) is 30.0 Å². The van der Waals surface area contributed by atoms with Crippen molar-refractivity contribution in [1.29, 1.82) is 0 Å². The molecule has 0 amide bonds. The predicted molar refractivity (Wildman–Crippen MR) is 67.2 cm³/mol. The standard InChI is InChI=1S/C13H17F2N3/c1-8(2)5-13-17-11-6-9(14)10(15)7-12(11)18(13)4-3-16/h6-8H,3-5,16H2,1-2H3. The van der Waals surface area contributed by atoms with Crippen molar-refractivity contribution in [3.63, 3.8) is 0 Å². The summed E-state index contributed by atoms with van der Waals surface area (Å²) in [5.41, 5.74) is 6.65. The zero-order valence-electron chi connectivity index (χ0n) is 10.6. The van der Waals surface area contributed by atoms with Gasteiger partial charge in [0.2, 0.25) is 0 Å². The minimum absolute atomic E-state index is 0.424. The van der Waals surface area contributed by atoms with Gasteiger partial charge in [0.05, 0.1) is 11.0 Å². The highest BCUT2D eigenvalue weighted by Crippen LogP contribution is 2.21. The molecule has 0 radical (unpaired) electrons. The van der Waals surface area contributed by atoms with Gasteiger partial charge in [0, 0.05) is 31.6 Å². The summed E-state index contributed by atoms with van der Waals surface area (Å²) < 4.78 is 28.4. The third kappa shape index (κ3) is 2.36. The molecule has 0 aliphatic rings. The van der Waals surface area contributed by atoms with E-state index in [-0.39, 0.29) is 0 Å². The van der Waals surface area contributed by atoms with E-state index in [1.54, 1.807) is 0 Å². The molecule has 0 fully saturated rings. The van der Waals surface area contributed by atoms with Crippen LogP contribution < -0.4 is 5.73 Å². The summed E-state index contributed by atoms with van der Waals surface area (Å²) in [6, 6.07) is 2.33. The van der Waals surface area contributed by atoms with E-state index in [9.17, 15) is 8.78 Å². The van der Waals surface area contributed by atoms with Gasteiger partial charge in [0.1, 0.15) is 5.82 Å². The van der Waals surface area contributed by atoms with Crippen molar-refractivity contribution in [1.82, 2.24) is 9.55 Å². The number of imidazole rings is 1. The average molecular weight is 253 g/mol. The van der Waals surface area contributed by atoms with Crippen molar-refractivity contribution in [3.05, 3.63) is 29.6 Å². The molecule has 3 nitrogen and oxygen atoms in total. The third-order valence-corrected chi connectivity index (χ3v) is 2.81. The van der Waals surface area contributed by atoms with E-state index >= 15 is 0 Å². The normalized spacial score (nSPS) is 11.7. The quantitative estimate of drug-likeness (QED) is 0.909. The van der Waals surface area contributed by atoms with Crippen molar-refractivity contribution in [2.75, 3.05) is 6.54 Å². The van der Waals surface area contributed by atoms with Crippen LogP contribution in [0.15, 0.2) is 12.1 Å². The highest BCUT2D eigenvalue weighted by Gasteiger charge is 2.14. The third-order valence-electron chi connectivity index (χ3n) is 2.81. The molecule has 1 aromatic carbocycles. The number of aromatic nitrogens is 2. The highest BCUT2D eigenvalue weighted by atomic mass is 19.2. The van der Waals surface area contributed by atoms with E-state index in [1.165, 1.54) is 6.07 Å². The van der Waals surface area contributed by atoms with Gasteiger partial charge >= 0.3 is 0 Å². The van der Waals surface area contributed by atoms with Crippen molar-refractivity contribution in [2.24, 2.45) is 11.7 Å². The van der Waals surface area contributed by atoms with Crippen LogP contribution in [0.1, 0.15) is 19.7 Å².